The van der Waals surface area contributed by atoms with Crippen molar-refractivity contribution in [2.45, 2.75) is 38.6 Å². The molecule has 2 aromatic rings. The summed E-state index contributed by atoms with van der Waals surface area (Å²) < 4.78 is 0. The van der Waals surface area contributed by atoms with E-state index in [1.54, 1.807) is 0 Å². The van der Waals surface area contributed by atoms with Crippen LogP contribution in [0.5, 0.6) is 0 Å². The van der Waals surface area contributed by atoms with Gasteiger partial charge in [0.05, 0.1) is 0 Å². The number of rotatable bonds is 3. The number of benzene rings is 2. The Morgan fingerprint density at radius 2 is 1.79 bits per heavy atom. The quantitative estimate of drug-likeness (QED) is 0.877. The Hall–Kier alpha value is -1.34. The van der Waals surface area contributed by atoms with E-state index in [-0.39, 0.29) is 6.04 Å². The molecule has 1 fully saturated rings. The van der Waals surface area contributed by atoms with E-state index in [1.165, 1.54) is 53.1 Å². The molecule has 2 N–H and O–H groups in total. The van der Waals surface area contributed by atoms with E-state index >= 15 is 0 Å². The molecule has 2 aliphatic rings. The predicted molar refractivity (Wildman–Crippen MR) is 80.2 cm³/mol. The van der Waals surface area contributed by atoms with Gasteiger partial charge in [-0.2, -0.15) is 0 Å². The van der Waals surface area contributed by atoms with Gasteiger partial charge in [-0.3, -0.25) is 0 Å². The molecule has 19 heavy (non-hydrogen) atoms. The van der Waals surface area contributed by atoms with Crippen LogP contribution in [0.3, 0.4) is 0 Å². The highest BCUT2D eigenvalue weighted by Crippen LogP contribution is 2.44. The maximum atomic E-state index is 6.57. The fraction of sp³-hybridized carbons (Fsp3) is 0.444. The zero-order chi connectivity index (χ0) is 13.0. The summed E-state index contributed by atoms with van der Waals surface area (Å²) in [6.07, 6.45) is 5.14. The molecular weight excluding hydrogens is 230 g/mol. The fourth-order valence-electron chi connectivity index (χ4n) is 3.76. The van der Waals surface area contributed by atoms with Crippen LogP contribution in [-0.4, -0.2) is 0 Å². The first kappa shape index (κ1) is 11.5. The molecular formula is C18H21N. The average molecular weight is 251 g/mol. The number of hydrogen-bond donors (Lipinski definition) is 1. The second kappa shape index (κ2) is 4.08. The van der Waals surface area contributed by atoms with E-state index in [9.17, 15) is 0 Å². The maximum absolute atomic E-state index is 6.57. The van der Waals surface area contributed by atoms with Crippen LogP contribution in [0.4, 0.5) is 0 Å². The van der Waals surface area contributed by atoms with Crippen LogP contribution in [0.15, 0.2) is 30.3 Å². The lowest BCUT2D eigenvalue weighted by Gasteiger charge is -2.22. The molecule has 0 spiro atoms. The van der Waals surface area contributed by atoms with Gasteiger partial charge in [0.15, 0.2) is 0 Å². The largest absolute Gasteiger partial charge is 0.324 e. The number of aryl methyl sites for hydroxylation is 2. The Labute approximate surface area is 114 Å². The van der Waals surface area contributed by atoms with E-state index in [0.717, 1.165) is 5.92 Å². The first-order chi connectivity index (χ1) is 9.25. The van der Waals surface area contributed by atoms with Gasteiger partial charge in [0.2, 0.25) is 0 Å². The van der Waals surface area contributed by atoms with E-state index in [1.807, 2.05) is 0 Å². The predicted octanol–water partition coefficient (Wildman–Crippen LogP) is 3.98. The third-order valence-electron chi connectivity index (χ3n) is 5.20. The summed E-state index contributed by atoms with van der Waals surface area (Å²) in [6, 6.07) is 11.5. The van der Waals surface area contributed by atoms with Crippen LogP contribution in [0, 0.1) is 11.8 Å². The van der Waals surface area contributed by atoms with E-state index in [2.05, 4.69) is 37.3 Å². The molecule has 1 heteroatoms. The summed E-state index contributed by atoms with van der Waals surface area (Å²) in [7, 11) is 0. The van der Waals surface area contributed by atoms with Crippen molar-refractivity contribution in [2.75, 3.05) is 0 Å². The average Bonchev–Trinajstić information content (AvgIpc) is 3.21. The Morgan fingerprint density at radius 1 is 1.05 bits per heavy atom. The Morgan fingerprint density at radius 3 is 2.53 bits per heavy atom. The third kappa shape index (κ3) is 1.72. The van der Waals surface area contributed by atoms with Gasteiger partial charge in [0.25, 0.3) is 0 Å². The fourth-order valence-corrected chi connectivity index (χ4v) is 3.76. The van der Waals surface area contributed by atoms with Gasteiger partial charge in [-0.15, -0.1) is 0 Å². The molecule has 0 saturated heterocycles. The lowest BCUT2D eigenvalue weighted by Crippen LogP contribution is -2.21. The Bertz CT molecular complexity index is 629. The summed E-state index contributed by atoms with van der Waals surface area (Å²) in [4.78, 5) is 0. The van der Waals surface area contributed by atoms with Crippen molar-refractivity contribution in [3.05, 3.63) is 47.0 Å². The summed E-state index contributed by atoms with van der Waals surface area (Å²) in [5.41, 5.74) is 11.0. The molecule has 2 atom stereocenters. The number of hydrogen-bond acceptors (Lipinski definition) is 1. The molecule has 0 bridgehead atoms. The van der Waals surface area contributed by atoms with Crippen molar-refractivity contribution in [1.29, 1.82) is 0 Å². The first-order valence-corrected chi connectivity index (χ1v) is 7.54. The van der Waals surface area contributed by atoms with Crippen molar-refractivity contribution in [2.24, 2.45) is 17.6 Å². The maximum Gasteiger partial charge on any atom is 0.0329 e. The van der Waals surface area contributed by atoms with Crippen molar-refractivity contribution >= 4 is 10.8 Å². The van der Waals surface area contributed by atoms with Crippen LogP contribution in [0.2, 0.25) is 0 Å². The van der Waals surface area contributed by atoms with Gasteiger partial charge in [0, 0.05) is 6.04 Å². The standard InChI is InChI=1S/C18H21N/c1-11(12-5-6-12)18(19)16-10-9-14-8-7-13-3-2-4-15(16)17(13)14/h2-4,9-12,18H,5-8,19H2,1H3. The van der Waals surface area contributed by atoms with Crippen molar-refractivity contribution in [1.82, 2.24) is 0 Å². The topological polar surface area (TPSA) is 26.0 Å². The molecule has 4 rings (SSSR count). The number of nitrogens with two attached hydrogens (primary N) is 1. The van der Waals surface area contributed by atoms with Crippen LogP contribution < -0.4 is 5.73 Å². The Balaban J connectivity index is 1.86. The lowest BCUT2D eigenvalue weighted by atomic mass is 9.87. The van der Waals surface area contributed by atoms with Gasteiger partial charge in [-0.25, -0.2) is 0 Å². The van der Waals surface area contributed by atoms with E-state index in [0.29, 0.717) is 5.92 Å². The van der Waals surface area contributed by atoms with Gasteiger partial charge in [0.1, 0.15) is 0 Å². The SMILES string of the molecule is CC(C1CC1)C(N)c1ccc2c3c(cccc13)CC2. The van der Waals surface area contributed by atoms with Crippen LogP contribution in [-0.2, 0) is 12.8 Å². The zero-order valence-electron chi connectivity index (χ0n) is 11.5. The molecule has 2 aromatic carbocycles. The van der Waals surface area contributed by atoms with Gasteiger partial charge in [-0.1, -0.05) is 37.3 Å². The Kier molecular flexibility index (Phi) is 2.46. The van der Waals surface area contributed by atoms with Crippen molar-refractivity contribution in [3.63, 3.8) is 0 Å². The minimum Gasteiger partial charge on any atom is -0.324 e. The molecule has 2 aliphatic carbocycles. The summed E-state index contributed by atoms with van der Waals surface area (Å²) in [5.74, 6) is 1.47. The highest BCUT2D eigenvalue weighted by Gasteiger charge is 2.33. The normalized spacial score (nSPS) is 20.7. The minimum absolute atomic E-state index is 0.192. The first-order valence-electron chi connectivity index (χ1n) is 7.54. The van der Waals surface area contributed by atoms with Gasteiger partial charge < -0.3 is 5.73 Å². The molecule has 0 amide bonds. The second-order valence-corrected chi connectivity index (χ2v) is 6.38. The van der Waals surface area contributed by atoms with Crippen molar-refractivity contribution < 1.29 is 0 Å². The molecule has 0 aromatic heterocycles. The van der Waals surface area contributed by atoms with E-state index < -0.39 is 0 Å². The smallest absolute Gasteiger partial charge is 0.0329 e. The summed E-state index contributed by atoms with van der Waals surface area (Å²) in [5, 5.41) is 2.91. The summed E-state index contributed by atoms with van der Waals surface area (Å²) in [6.45, 7) is 2.32. The molecule has 1 nitrogen and oxygen atoms in total. The van der Waals surface area contributed by atoms with Gasteiger partial charge >= 0.3 is 0 Å². The monoisotopic (exact) mass is 251 g/mol. The zero-order valence-corrected chi connectivity index (χ0v) is 11.5. The lowest BCUT2D eigenvalue weighted by molar-refractivity contribution is 0.419. The van der Waals surface area contributed by atoms with Gasteiger partial charge in [-0.05, 0) is 65.0 Å². The second-order valence-electron chi connectivity index (χ2n) is 6.38. The third-order valence-corrected chi connectivity index (χ3v) is 5.20. The van der Waals surface area contributed by atoms with E-state index in [4.69, 9.17) is 5.73 Å². The molecule has 2 unspecified atom stereocenters. The van der Waals surface area contributed by atoms with Crippen LogP contribution in [0.1, 0.15) is 42.5 Å². The highest BCUT2D eigenvalue weighted by atomic mass is 14.7. The molecule has 1 saturated carbocycles. The highest BCUT2D eigenvalue weighted by molar-refractivity contribution is 5.93. The minimum atomic E-state index is 0.192. The van der Waals surface area contributed by atoms with Crippen LogP contribution >= 0.6 is 0 Å². The molecule has 98 valence electrons. The molecule has 0 radical (unpaired) electrons. The van der Waals surface area contributed by atoms with Crippen molar-refractivity contribution in [3.8, 4) is 0 Å². The molecule has 0 aliphatic heterocycles. The summed E-state index contributed by atoms with van der Waals surface area (Å²) >= 11 is 0. The molecule has 0 heterocycles. The van der Waals surface area contributed by atoms with Crippen LogP contribution in [0.25, 0.3) is 10.8 Å².